The molecular formula is C13H17NO3. The highest BCUT2D eigenvalue weighted by Crippen LogP contribution is 2.17. The van der Waals surface area contributed by atoms with E-state index in [0.717, 1.165) is 31.8 Å². The van der Waals surface area contributed by atoms with Gasteiger partial charge in [-0.15, -0.1) is 0 Å². The van der Waals surface area contributed by atoms with Crippen molar-refractivity contribution in [3.05, 3.63) is 24.0 Å². The first-order valence-electron chi connectivity index (χ1n) is 5.93. The fraction of sp³-hybridized carbons (Fsp3) is 0.538. The molecule has 1 saturated heterocycles. The minimum atomic E-state index is -0.0269. The van der Waals surface area contributed by atoms with Gasteiger partial charge in [0.15, 0.2) is 5.78 Å². The summed E-state index contributed by atoms with van der Waals surface area (Å²) in [6.07, 6.45) is 3.72. The van der Waals surface area contributed by atoms with E-state index >= 15 is 0 Å². The molecule has 0 unspecified atom stereocenters. The summed E-state index contributed by atoms with van der Waals surface area (Å²) in [5, 5.41) is 0. The highest BCUT2D eigenvalue weighted by Gasteiger charge is 2.14. The Balaban J connectivity index is 1.84. The average molecular weight is 235 g/mol. The highest BCUT2D eigenvalue weighted by molar-refractivity contribution is 5.92. The third-order valence-corrected chi connectivity index (χ3v) is 2.92. The zero-order valence-electron chi connectivity index (χ0n) is 10.0. The van der Waals surface area contributed by atoms with Crippen LogP contribution in [0.5, 0.6) is 5.75 Å². The molecule has 0 saturated carbocycles. The van der Waals surface area contributed by atoms with Crippen LogP contribution in [0.2, 0.25) is 0 Å². The lowest BCUT2D eigenvalue weighted by atomic mass is 10.0. The van der Waals surface area contributed by atoms with Gasteiger partial charge in [-0.05, 0) is 30.9 Å². The van der Waals surface area contributed by atoms with Crippen molar-refractivity contribution in [1.29, 1.82) is 0 Å². The summed E-state index contributed by atoms with van der Waals surface area (Å²) in [6.45, 7) is 3.86. The molecule has 17 heavy (non-hydrogen) atoms. The Morgan fingerprint density at radius 1 is 1.47 bits per heavy atom. The molecule has 0 atom stereocenters. The smallest absolute Gasteiger partial charge is 0.178 e. The van der Waals surface area contributed by atoms with Crippen LogP contribution in [0.15, 0.2) is 18.3 Å². The van der Waals surface area contributed by atoms with Gasteiger partial charge in [-0.2, -0.15) is 0 Å². The van der Waals surface area contributed by atoms with Crippen LogP contribution in [0.1, 0.15) is 30.3 Å². The molecule has 0 aromatic carbocycles. The second-order valence-corrected chi connectivity index (χ2v) is 4.30. The first-order chi connectivity index (χ1) is 8.25. The van der Waals surface area contributed by atoms with Crippen molar-refractivity contribution in [2.24, 2.45) is 5.92 Å². The lowest BCUT2D eigenvalue weighted by molar-refractivity contribution is 0.0497. The molecule has 92 valence electrons. The Kier molecular flexibility index (Phi) is 4.09. The number of hydrogen-bond acceptors (Lipinski definition) is 4. The summed E-state index contributed by atoms with van der Waals surface area (Å²) < 4.78 is 10.9. The van der Waals surface area contributed by atoms with Crippen LogP contribution in [0, 0.1) is 5.92 Å². The number of carbonyl (C=O) groups is 1. The topological polar surface area (TPSA) is 48.4 Å². The van der Waals surface area contributed by atoms with E-state index < -0.39 is 0 Å². The van der Waals surface area contributed by atoms with E-state index in [1.54, 1.807) is 18.3 Å². The van der Waals surface area contributed by atoms with Gasteiger partial charge in [0.1, 0.15) is 11.4 Å². The predicted octanol–water partition coefficient (Wildman–Crippen LogP) is 2.09. The number of aromatic nitrogens is 1. The van der Waals surface area contributed by atoms with Gasteiger partial charge in [0.25, 0.3) is 0 Å². The van der Waals surface area contributed by atoms with Crippen LogP contribution in [-0.4, -0.2) is 30.6 Å². The Morgan fingerprint density at radius 3 is 2.82 bits per heavy atom. The molecule has 4 nitrogen and oxygen atoms in total. The zero-order chi connectivity index (χ0) is 12.1. The van der Waals surface area contributed by atoms with Gasteiger partial charge in [-0.1, -0.05) is 0 Å². The number of ether oxygens (including phenoxy) is 2. The van der Waals surface area contributed by atoms with Crippen molar-refractivity contribution in [2.45, 2.75) is 19.8 Å². The number of pyridine rings is 1. The summed E-state index contributed by atoms with van der Waals surface area (Å²) in [7, 11) is 0. The quantitative estimate of drug-likeness (QED) is 0.750. The largest absolute Gasteiger partial charge is 0.492 e. The number of hydrogen-bond donors (Lipinski definition) is 0. The molecule has 1 aromatic heterocycles. The molecule has 4 heteroatoms. The Morgan fingerprint density at radius 2 is 2.24 bits per heavy atom. The van der Waals surface area contributed by atoms with Gasteiger partial charge < -0.3 is 9.47 Å². The molecule has 2 heterocycles. The normalized spacial score (nSPS) is 16.8. The number of nitrogens with zero attached hydrogens (tertiary/aromatic N) is 1. The first-order valence-corrected chi connectivity index (χ1v) is 5.93. The number of Topliss-reactive ketones (excluding diaryl/α,β-unsaturated/α-hetero) is 1. The number of ketones is 1. The molecule has 0 amide bonds. The van der Waals surface area contributed by atoms with E-state index in [-0.39, 0.29) is 5.78 Å². The van der Waals surface area contributed by atoms with E-state index in [1.807, 2.05) is 0 Å². The van der Waals surface area contributed by atoms with E-state index in [0.29, 0.717) is 18.2 Å². The minimum Gasteiger partial charge on any atom is -0.492 e. The predicted molar refractivity (Wildman–Crippen MR) is 63.3 cm³/mol. The molecule has 0 spiro atoms. The molecule has 0 bridgehead atoms. The molecule has 1 aliphatic heterocycles. The van der Waals surface area contributed by atoms with Gasteiger partial charge in [-0.3, -0.25) is 4.79 Å². The van der Waals surface area contributed by atoms with Crippen molar-refractivity contribution < 1.29 is 14.3 Å². The fourth-order valence-electron chi connectivity index (χ4n) is 1.80. The van der Waals surface area contributed by atoms with Crippen LogP contribution in [-0.2, 0) is 4.74 Å². The number of carbonyl (C=O) groups excluding carboxylic acids is 1. The van der Waals surface area contributed by atoms with Crippen LogP contribution >= 0.6 is 0 Å². The minimum absolute atomic E-state index is 0.0269. The average Bonchev–Trinajstić information content (AvgIpc) is 2.38. The summed E-state index contributed by atoms with van der Waals surface area (Å²) in [6, 6.07) is 3.49. The molecular weight excluding hydrogens is 218 g/mol. The molecule has 1 fully saturated rings. The number of rotatable bonds is 4. The van der Waals surface area contributed by atoms with Crippen molar-refractivity contribution >= 4 is 5.78 Å². The zero-order valence-corrected chi connectivity index (χ0v) is 10.0. The van der Waals surface area contributed by atoms with Gasteiger partial charge in [0.05, 0.1) is 12.8 Å². The Hall–Kier alpha value is -1.42. The standard InChI is InChI=1S/C13H17NO3/c1-10(15)13-3-2-12(8-14-13)17-9-11-4-6-16-7-5-11/h2-3,8,11H,4-7,9H2,1H3. The lowest BCUT2D eigenvalue weighted by Gasteiger charge is -2.21. The van der Waals surface area contributed by atoms with E-state index in [1.165, 1.54) is 6.92 Å². The third-order valence-electron chi connectivity index (χ3n) is 2.92. The summed E-state index contributed by atoms with van der Waals surface area (Å²) in [5.74, 6) is 1.26. The van der Waals surface area contributed by atoms with Crippen molar-refractivity contribution in [1.82, 2.24) is 4.98 Å². The lowest BCUT2D eigenvalue weighted by Crippen LogP contribution is -2.21. The van der Waals surface area contributed by atoms with E-state index in [2.05, 4.69) is 4.98 Å². The maximum atomic E-state index is 11.0. The van der Waals surface area contributed by atoms with Crippen molar-refractivity contribution in [2.75, 3.05) is 19.8 Å². The summed E-state index contributed by atoms with van der Waals surface area (Å²) >= 11 is 0. The molecule has 1 aliphatic rings. The Labute approximate surface area is 101 Å². The fourth-order valence-corrected chi connectivity index (χ4v) is 1.80. The summed E-state index contributed by atoms with van der Waals surface area (Å²) in [4.78, 5) is 15.1. The van der Waals surface area contributed by atoms with Gasteiger partial charge >= 0.3 is 0 Å². The third kappa shape index (κ3) is 3.53. The maximum Gasteiger partial charge on any atom is 0.178 e. The van der Waals surface area contributed by atoms with Crippen molar-refractivity contribution in [3.8, 4) is 5.75 Å². The Bertz CT molecular complexity index is 369. The van der Waals surface area contributed by atoms with Crippen LogP contribution in [0.3, 0.4) is 0 Å². The molecule has 2 rings (SSSR count). The summed E-state index contributed by atoms with van der Waals surface area (Å²) in [5.41, 5.74) is 0.475. The monoisotopic (exact) mass is 235 g/mol. The van der Waals surface area contributed by atoms with Crippen LogP contribution < -0.4 is 4.74 Å². The maximum absolute atomic E-state index is 11.0. The van der Waals surface area contributed by atoms with Crippen LogP contribution in [0.4, 0.5) is 0 Å². The second kappa shape index (κ2) is 5.77. The SMILES string of the molecule is CC(=O)c1ccc(OCC2CCOCC2)cn1. The van der Waals surface area contributed by atoms with Gasteiger partial charge in [-0.25, -0.2) is 4.98 Å². The molecule has 0 radical (unpaired) electrons. The second-order valence-electron chi connectivity index (χ2n) is 4.30. The first kappa shape index (κ1) is 12.0. The molecule has 0 aliphatic carbocycles. The van der Waals surface area contributed by atoms with E-state index in [9.17, 15) is 4.79 Å². The van der Waals surface area contributed by atoms with Crippen molar-refractivity contribution in [3.63, 3.8) is 0 Å². The highest BCUT2D eigenvalue weighted by atomic mass is 16.5. The van der Waals surface area contributed by atoms with Gasteiger partial charge in [0, 0.05) is 20.1 Å². The van der Waals surface area contributed by atoms with Crippen LogP contribution in [0.25, 0.3) is 0 Å². The van der Waals surface area contributed by atoms with Gasteiger partial charge in [0.2, 0.25) is 0 Å². The van der Waals surface area contributed by atoms with E-state index in [4.69, 9.17) is 9.47 Å². The molecule has 1 aromatic rings. The molecule has 0 N–H and O–H groups in total.